The molecule has 1 aliphatic rings. The van der Waals surface area contributed by atoms with Crippen LogP contribution in [0.3, 0.4) is 0 Å². The lowest BCUT2D eigenvalue weighted by Crippen LogP contribution is -3.28. The molecule has 1 aromatic rings. The lowest BCUT2D eigenvalue weighted by Gasteiger charge is -2.27. The molecule has 5 nitrogen and oxygen atoms in total. The van der Waals surface area contributed by atoms with Crippen LogP contribution >= 0.6 is 15.9 Å². The standard InChI is InChI=1S/C14H17BrN4O/c15-12-2-1-3-13(10-12)17-14(20)11-19-8-6-18(5-4-16)7-9-19/h1-3,10H,5-9,11H2,(H,17,20)/p+2. The number of nitrogens with zero attached hydrogens (tertiary/aromatic N) is 1. The Labute approximate surface area is 127 Å². The lowest BCUT2D eigenvalue weighted by molar-refractivity contribution is -1.01. The zero-order valence-corrected chi connectivity index (χ0v) is 12.9. The molecule has 0 aromatic heterocycles. The highest BCUT2D eigenvalue weighted by molar-refractivity contribution is 9.10. The van der Waals surface area contributed by atoms with Crippen molar-refractivity contribution in [3.05, 3.63) is 28.7 Å². The maximum Gasteiger partial charge on any atom is 0.279 e. The molecule has 0 bridgehead atoms. The summed E-state index contributed by atoms with van der Waals surface area (Å²) in [5.41, 5.74) is 0.817. The van der Waals surface area contributed by atoms with Crippen LogP contribution in [0.25, 0.3) is 0 Å². The fourth-order valence-corrected chi connectivity index (χ4v) is 2.82. The van der Waals surface area contributed by atoms with Crippen LogP contribution in [-0.2, 0) is 4.79 Å². The molecule has 106 valence electrons. The molecule has 1 saturated heterocycles. The van der Waals surface area contributed by atoms with E-state index >= 15 is 0 Å². The van der Waals surface area contributed by atoms with Crippen molar-refractivity contribution in [3.63, 3.8) is 0 Å². The molecule has 1 amide bonds. The number of hydrogen-bond donors (Lipinski definition) is 3. The number of halogens is 1. The molecule has 20 heavy (non-hydrogen) atoms. The first-order valence-corrected chi connectivity index (χ1v) is 7.56. The zero-order chi connectivity index (χ0) is 14.4. The van der Waals surface area contributed by atoms with Gasteiger partial charge in [0.2, 0.25) is 0 Å². The van der Waals surface area contributed by atoms with E-state index in [-0.39, 0.29) is 5.91 Å². The smallest absolute Gasteiger partial charge is 0.279 e. The Bertz CT molecular complexity index is 506. The number of nitriles is 1. The molecule has 0 saturated carbocycles. The number of hydrogen-bond acceptors (Lipinski definition) is 2. The second-order valence-corrected chi connectivity index (χ2v) is 5.99. The number of anilines is 1. The maximum absolute atomic E-state index is 12.0. The van der Waals surface area contributed by atoms with Crippen LogP contribution in [0.15, 0.2) is 28.7 Å². The quantitative estimate of drug-likeness (QED) is 0.597. The highest BCUT2D eigenvalue weighted by Gasteiger charge is 2.24. The summed E-state index contributed by atoms with van der Waals surface area (Å²) in [7, 11) is 0. The molecule has 6 heteroatoms. The van der Waals surface area contributed by atoms with Crippen molar-refractivity contribution in [1.29, 1.82) is 5.26 Å². The van der Waals surface area contributed by atoms with E-state index in [1.54, 1.807) is 0 Å². The van der Waals surface area contributed by atoms with E-state index in [2.05, 4.69) is 27.3 Å². The Hall–Kier alpha value is -1.42. The first-order valence-electron chi connectivity index (χ1n) is 6.77. The van der Waals surface area contributed by atoms with Crippen molar-refractivity contribution in [2.24, 2.45) is 0 Å². The van der Waals surface area contributed by atoms with E-state index in [1.807, 2.05) is 24.3 Å². The number of piperazine rings is 1. The van der Waals surface area contributed by atoms with Crippen molar-refractivity contribution in [1.82, 2.24) is 0 Å². The van der Waals surface area contributed by atoms with Gasteiger partial charge in [0, 0.05) is 10.2 Å². The molecule has 1 fully saturated rings. The summed E-state index contributed by atoms with van der Waals surface area (Å²) >= 11 is 3.39. The minimum absolute atomic E-state index is 0.0434. The van der Waals surface area contributed by atoms with E-state index in [1.165, 1.54) is 9.80 Å². The Morgan fingerprint density at radius 2 is 2.00 bits per heavy atom. The first-order chi connectivity index (χ1) is 9.67. The predicted octanol–water partition coefficient (Wildman–Crippen LogP) is -1.31. The van der Waals surface area contributed by atoms with Gasteiger partial charge >= 0.3 is 0 Å². The molecule has 0 radical (unpaired) electrons. The van der Waals surface area contributed by atoms with Crippen LogP contribution in [0.1, 0.15) is 0 Å². The van der Waals surface area contributed by atoms with Crippen molar-refractivity contribution >= 4 is 27.5 Å². The maximum atomic E-state index is 12.0. The number of rotatable bonds is 4. The van der Waals surface area contributed by atoms with Gasteiger partial charge in [-0.2, -0.15) is 5.26 Å². The Kier molecular flexibility index (Phi) is 5.53. The third-order valence-corrected chi connectivity index (χ3v) is 4.01. The molecule has 0 atom stereocenters. The topological polar surface area (TPSA) is 61.8 Å². The van der Waals surface area contributed by atoms with E-state index in [4.69, 9.17) is 5.26 Å². The number of nitrogens with one attached hydrogen (secondary N) is 3. The van der Waals surface area contributed by atoms with Crippen LogP contribution in [0.5, 0.6) is 0 Å². The normalized spacial score (nSPS) is 22.0. The SMILES string of the molecule is N#CC[NH+]1CC[NH+](CC(=O)Nc2cccc(Br)c2)CC1. The zero-order valence-electron chi connectivity index (χ0n) is 11.3. The van der Waals surface area contributed by atoms with E-state index in [0.29, 0.717) is 13.1 Å². The molecule has 2 rings (SSSR count). The average molecular weight is 339 g/mol. The molecule has 0 aliphatic carbocycles. The van der Waals surface area contributed by atoms with Crippen LogP contribution in [0.2, 0.25) is 0 Å². The van der Waals surface area contributed by atoms with Gasteiger partial charge in [-0.15, -0.1) is 0 Å². The molecule has 0 spiro atoms. The van der Waals surface area contributed by atoms with Crippen LogP contribution < -0.4 is 15.1 Å². The molecule has 1 heterocycles. The Balaban J connectivity index is 1.77. The summed E-state index contributed by atoms with van der Waals surface area (Å²) < 4.78 is 0.955. The second-order valence-electron chi connectivity index (χ2n) is 5.07. The summed E-state index contributed by atoms with van der Waals surface area (Å²) in [5.74, 6) is 0.0434. The molecular weight excluding hydrogens is 320 g/mol. The first kappa shape index (κ1) is 15.0. The summed E-state index contributed by atoms with van der Waals surface area (Å²) in [4.78, 5) is 14.6. The summed E-state index contributed by atoms with van der Waals surface area (Å²) in [6, 6.07) is 9.80. The summed E-state index contributed by atoms with van der Waals surface area (Å²) in [5, 5.41) is 11.6. The van der Waals surface area contributed by atoms with Gasteiger partial charge in [0.1, 0.15) is 32.2 Å². The van der Waals surface area contributed by atoms with Crippen molar-refractivity contribution in [2.45, 2.75) is 0 Å². The van der Waals surface area contributed by atoms with Crippen LogP contribution in [-0.4, -0.2) is 45.2 Å². The monoisotopic (exact) mass is 338 g/mol. The minimum atomic E-state index is 0.0434. The second kappa shape index (κ2) is 7.39. The van der Waals surface area contributed by atoms with Gasteiger partial charge in [0.15, 0.2) is 13.1 Å². The third kappa shape index (κ3) is 4.60. The fraction of sp³-hybridized carbons (Fsp3) is 0.429. The molecule has 3 N–H and O–H groups in total. The predicted molar refractivity (Wildman–Crippen MR) is 79.5 cm³/mol. The van der Waals surface area contributed by atoms with Gasteiger partial charge in [0.25, 0.3) is 5.91 Å². The largest absolute Gasteiger partial charge is 0.321 e. The van der Waals surface area contributed by atoms with Crippen molar-refractivity contribution < 1.29 is 14.6 Å². The fourth-order valence-electron chi connectivity index (χ4n) is 2.42. The number of amides is 1. The van der Waals surface area contributed by atoms with Crippen molar-refractivity contribution in [3.8, 4) is 6.07 Å². The minimum Gasteiger partial charge on any atom is -0.321 e. The van der Waals surface area contributed by atoms with Crippen molar-refractivity contribution in [2.75, 3.05) is 44.6 Å². The Morgan fingerprint density at radius 3 is 2.65 bits per heavy atom. The molecular formula is C14H19BrN4O+2. The number of carbonyl (C=O) groups is 1. The van der Waals surface area contributed by atoms with E-state index < -0.39 is 0 Å². The number of carbonyl (C=O) groups excluding carboxylic acids is 1. The summed E-state index contributed by atoms with van der Waals surface area (Å²) in [6.45, 7) is 4.88. The summed E-state index contributed by atoms with van der Waals surface area (Å²) in [6.07, 6.45) is 0. The van der Waals surface area contributed by atoms with E-state index in [9.17, 15) is 4.79 Å². The Morgan fingerprint density at radius 1 is 1.30 bits per heavy atom. The molecule has 0 unspecified atom stereocenters. The highest BCUT2D eigenvalue weighted by atomic mass is 79.9. The van der Waals surface area contributed by atoms with E-state index in [0.717, 1.165) is 36.3 Å². The van der Waals surface area contributed by atoms with Gasteiger partial charge in [-0.1, -0.05) is 22.0 Å². The van der Waals surface area contributed by atoms with Crippen LogP contribution in [0, 0.1) is 11.3 Å². The van der Waals surface area contributed by atoms with Gasteiger partial charge in [-0.25, -0.2) is 0 Å². The van der Waals surface area contributed by atoms with Gasteiger partial charge in [-0.05, 0) is 18.2 Å². The number of quaternary nitrogens is 2. The lowest BCUT2D eigenvalue weighted by atomic mass is 10.3. The average Bonchev–Trinajstić information content (AvgIpc) is 2.41. The molecule has 1 aromatic carbocycles. The van der Waals surface area contributed by atoms with Gasteiger partial charge < -0.3 is 15.1 Å². The van der Waals surface area contributed by atoms with Gasteiger partial charge in [-0.3, -0.25) is 4.79 Å². The third-order valence-electron chi connectivity index (χ3n) is 3.51. The van der Waals surface area contributed by atoms with Gasteiger partial charge in [0.05, 0.1) is 0 Å². The highest BCUT2D eigenvalue weighted by Crippen LogP contribution is 2.15. The number of benzene rings is 1. The molecule has 1 aliphatic heterocycles. The van der Waals surface area contributed by atoms with Crippen LogP contribution in [0.4, 0.5) is 5.69 Å².